The van der Waals surface area contributed by atoms with Crippen LogP contribution in [0.2, 0.25) is 5.02 Å². The van der Waals surface area contributed by atoms with E-state index in [-0.39, 0.29) is 6.04 Å². The molecule has 3 heterocycles. The molecule has 0 saturated carbocycles. The number of likely N-dealkylation sites (tertiary alicyclic amines) is 1. The summed E-state index contributed by atoms with van der Waals surface area (Å²) in [5.74, 6) is 0.681. The van der Waals surface area contributed by atoms with E-state index in [1.165, 1.54) is 6.33 Å². The number of nitrogens with two attached hydrogens (primary N) is 2. The van der Waals surface area contributed by atoms with Gasteiger partial charge < -0.3 is 21.5 Å². The Labute approximate surface area is 172 Å². The number of primary amides is 1. The lowest BCUT2D eigenvalue weighted by Gasteiger charge is -2.35. The van der Waals surface area contributed by atoms with Crippen LogP contribution in [0.4, 0.5) is 16.3 Å². The Hall–Kier alpha value is -2.88. The van der Waals surface area contributed by atoms with E-state index < -0.39 is 12.2 Å². The molecule has 0 radical (unpaired) electrons. The molecule has 29 heavy (non-hydrogen) atoms. The molecule has 152 valence electrons. The minimum Gasteiger partial charge on any atom is -0.443 e. The highest BCUT2D eigenvalue weighted by molar-refractivity contribution is 6.30. The van der Waals surface area contributed by atoms with E-state index in [0.29, 0.717) is 30.4 Å². The van der Waals surface area contributed by atoms with Crippen molar-refractivity contribution in [2.45, 2.75) is 25.1 Å². The second-order valence-corrected chi connectivity index (χ2v) is 7.48. The zero-order chi connectivity index (χ0) is 20.4. The van der Waals surface area contributed by atoms with E-state index in [2.05, 4.69) is 20.3 Å². The number of anilines is 2. The molecule has 1 fully saturated rings. The van der Waals surface area contributed by atoms with Crippen LogP contribution in [0, 0.1) is 0 Å². The molecule has 1 amide bonds. The van der Waals surface area contributed by atoms with Crippen LogP contribution >= 0.6 is 11.6 Å². The van der Waals surface area contributed by atoms with Gasteiger partial charge in [-0.3, -0.25) is 4.90 Å². The predicted molar refractivity (Wildman–Crippen MR) is 110 cm³/mol. The summed E-state index contributed by atoms with van der Waals surface area (Å²) in [6, 6.07) is 9.24. The third-order valence-electron chi connectivity index (χ3n) is 4.98. The molecule has 10 heteroatoms. The van der Waals surface area contributed by atoms with Crippen molar-refractivity contribution >= 4 is 34.7 Å². The number of benzene rings is 1. The molecular formula is C19H22ClN7O2. The van der Waals surface area contributed by atoms with Crippen molar-refractivity contribution in [2.24, 2.45) is 11.5 Å². The molecule has 0 unspecified atom stereocenters. The van der Waals surface area contributed by atoms with Crippen molar-refractivity contribution in [3.63, 3.8) is 0 Å². The van der Waals surface area contributed by atoms with Crippen LogP contribution in [-0.4, -0.2) is 50.8 Å². The molecule has 2 atom stereocenters. The summed E-state index contributed by atoms with van der Waals surface area (Å²) >= 11 is 6.09. The van der Waals surface area contributed by atoms with Gasteiger partial charge in [0.25, 0.3) is 0 Å². The highest BCUT2D eigenvalue weighted by Gasteiger charge is 2.29. The van der Waals surface area contributed by atoms with Crippen LogP contribution in [0.25, 0.3) is 5.52 Å². The number of amides is 1. The predicted octanol–water partition coefficient (Wildman–Crippen LogP) is 2.12. The maximum atomic E-state index is 11.1. The molecule has 9 nitrogen and oxygen atoms in total. The fourth-order valence-corrected chi connectivity index (χ4v) is 3.79. The van der Waals surface area contributed by atoms with Gasteiger partial charge in [-0.25, -0.2) is 14.3 Å². The molecule has 4 rings (SSSR count). The number of piperidine rings is 1. The summed E-state index contributed by atoms with van der Waals surface area (Å²) < 4.78 is 6.95. The second-order valence-electron chi connectivity index (χ2n) is 7.04. The van der Waals surface area contributed by atoms with Gasteiger partial charge >= 0.3 is 6.09 Å². The van der Waals surface area contributed by atoms with Crippen LogP contribution in [0.1, 0.15) is 12.0 Å². The Balaban J connectivity index is 1.57. The van der Waals surface area contributed by atoms with Gasteiger partial charge in [-0.05, 0) is 36.2 Å². The maximum Gasteiger partial charge on any atom is 0.404 e. The van der Waals surface area contributed by atoms with Crippen LogP contribution in [0.3, 0.4) is 0 Å². The third-order valence-corrected chi connectivity index (χ3v) is 5.22. The minimum absolute atomic E-state index is 0.215. The number of hydrogen-bond donors (Lipinski definition) is 3. The lowest BCUT2D eigenvalue weighted by atomic mass is 10.0. The van der Waals surface area contributed by atoms with Gasteiger partial charge in [0, 0.05) is 42.6 Å². The normalized spacial score (nSPS) is 19.9. The number of ether oxygens (including phenoxy) is 1. The number of fused-ring (bicyclic) bond motifs is 1. The number of carbonyl (C=O) groups excluding carboxylic acids is 1. The number of rotatable bonds is 5. The third kappa shape index (κ3) is 4.42. The Morgan fingerprint density at radius 3 is 3.03 bits per heavy atom. The van der Waals surface area contributed by atoms with E-state index in [1.807, 2.05) is 36.5 Å². The van der Waals surface area contributed by atoms with Gasteiger partial charge in [0.15, 0.2) is 5.82 Å². The number of carbonyl (C=O) groups is 1. The van der Waals surface area contributed by atoms with E-state index in [9.17, 15) is 4.79 Å². The molecule has 1 aromatic carbocycles. The number of halogens is 1. The summed E-state index contributed by atoms with van der Waals surface area (Å²) in [5.41, 5.74) is 14.0. The van der Waals surface area contributed by atoms with Crippen molar-refractivity contribution in [1.82, 2.24) is 19.5 Å². The zero-order valence-electron chi connectivity index (χ0n) is 15.7. The molecule has 0 spiro atoms. The van der Waals surface area contributed by atoms with E-state index in [0.717, 1.165) is 23.3 Å². The van der Waals surface area contributed by atoms with Gasteiger partial charge in [0.05, 0.1) is 0 Å². The molecule has 1 aliphatic heterocycles. The van der Waals surface area contributed by atoms with Crippen LogP contribution in [-0.2, 0) is 11.3 Å². The van der Waals surface area contributed by atoms with E-state index in [1.54, 1.807) is 4.52 Å². The van der Waals surface area contributed by atoms with E-state index in [4.69, 9.17) is 27.8 Å². The molecule has 2 aromatic heterocycles. The zero-order valence-corrected chi connectivity index (χ0v) is 16.4. The Morgan fingerprint density at radius 2 is 2.24 bits per heavy atom. The molecule has 0 bridgehead atoms. The van der Waals surface area contributed by atoms with Crippen molar-refractivity contribution in [1.29, 1.82) is 0 Å². The second kappa shape index (κ2) is 8.24. The quantitative estimate of drug-likeness (QED) is 0.583. The standard InChI is InChI=1S/C19H22ClN7O2/c20-13-2-1-3-14(8-13)25-18-17-12(4-7-27(17)24-11-23-18)9-26-6-5-15(21)16(10-26)29-19(22)28/h1-4,7-8,11,15-16H,5-6,9-10,21H2,(H2,22,28)(H,23,24,25)/t15-,16+/m1/s1. The number of nitrogens with one attached hydrogen (secondary N) is 1. The SMILES string of the molecule is NC(=O)O[C@H]1CN(Cc2ccn3ncnc(Nc4cccc(Cl)c4)c23)CC[C@H]1N. The van der Waals surface area contributed by atoms with Crippen molar-refractivity contribution < 1.29 is 9.53 Å². The Kier molecular flexibility index (Phi) is 5.52. The minimum atomic E-state index is -0.803. The largest absolute Gasteiger partial charge is 0.443 e. The topological polar surface area (TPSA) is 124 Å². The summed E-state index contributed by atoms with van der Waals surface area (Å²) in [6.45, 7) is 1.95. The summed E-state index contributed by atoms with van der Waals surface area (Å²) in [5, 5.41) is 8.25. The first-order chi connectivity index (χ1) is 14.0. The Morgan fingerprint density at radius 1 is 1.38 bits per heavy atom. The van der Waals surface area contributed by atoms with Gasteiger partial charge in [-0.1, -0.05) is 17.7 Å². The number of nitrogens with zero attached hydrogens (tertiary/aromatic N) is 4. The summed E-state index contributed by atoms with van der Waals surface area (Å²) in [6.07, 6.45) is 2.88. The van der Waals surface area contributed by atoms with E-state index >= 15 is 0 Å². The monoisotopic (exact) mass is 415 g/mol. The number of hydrogen-bond acceptors (Lipinski definition) is 7. The molecule has 5 N–H and O–H groups in total. The highest BCUT2D eigenvalue weighted by atomic mass is 35.5. The lowest BCUT2D eigenvalue weighted by molar-refractivity contribution is 0.0313. The van der Waals surface area contributed by atoms with Crippen molar-refractivity contribution in [2.75, 3.05) is 18.4 Å². The highest BCUT2D eigenvalue weighted by Crippen LogP contribution is 2.26. The van der Waals surface area contributed by atoms with Crippen LogP contribution in [0.5, 0.6) is 0 Å². The summed E-state index contributed by atoms with van der Waals surface area (Å²) in [4.78, 5) is 17.7. The van der Waals surface area contributed by atoms with Gasteiger partial charge in [-0.2, -0.15) is 5.10 Å². The van der Waals surface area contributed by atoms with Crippen molar-refractivity contribution in [3.8, 4) is 0 Å². The molecule has 1 aliphatic rings. The van der Waals surface area contributed by atoms with Gasteiger partial charge in [0.1, 0.15) is 17.9 Å². The first-order valence-electron chi connectivity index (χ1n) is 9.27. The van der Waals surface area contributed by atoms with Gasteiger partial charge in [-0.15, -0.1) is 0 Å². The number of aromatic nitrogens is 3. The average Bonchev–Trinajstić information content (AvgIpc) is 3.08. The lowest BCUT2D eigenvalue weighted by Crippen LogP contribution is -2.52. The smallest absolute Gasteiger partial charge is 0.404 e. The maximum absolute atomic E-state index is 11.1. The fraction of sp³-hybridized carbons (Fsp3) is 0.316. The molecule has 0 aliphatic carbocycles. The average molecular weight is 416 g/mol. The first kappa shape index (κ1) is 19.4. The van der Waals surface area contributed by atoms with Crippen molar-refractivity contribution in [3.05, 3.63) is 53.4 Å². The fourth-order valence-electron chi connectivity index (χ4n) is 3.60. The summed E-state index contributed by atoms with van der Waals surface area (Å²) in [7, 11) is 0. The first-order valence-corrected chi connectivity index (χ1v) is 9.65. The Bertz CT molecular complexity index is 1020. The van der Waals surface area contributed by atoms with Crippen LogP contribution < -0.4 is 16.8 Å². The van der Waals surface area contributed by atoms with Crippen LogP contribution in [0.15, 0.2) is 42.9 Å². The molecular weight excluding hydrogens is 394 g/mol. The molecule has 1 saturated heterocycles. The molecule has 3 aromatic rings. The van der Waals surface area contributed by atoms with Gasteiger partial charge in [0.2, 0.25) is 0 Å².